The van der Waals surface area contributed by atoms with Gasteiger partial charge in [-0.05, 0) is 36.8 Å². The third kappa shape index (κ3) is 3.71. The predicted molar refractivity (Wildman–Crippen MR) is 69.7 cm³/mol. The molecule has 5 heteroatoms. The molecule has 0 saturated heterocycles. The van der Waals surface area contributed by atoms with Crippen LogP contribution in [0.4, 0.5) is 17.6 Å². The van der Waals surface area contributed by atoms with E-state index >= 15 is 0 Å². The first-order valence-electron chi connectivity index (χ1n) is 6.34. The summed E-state index contributed by atoms with van der Waals surface area (Å²) >= 11 is 3.44. The van der Waals surface area contributed by atoms with E-state index in [9.17, 15) is 17.6 Å². The van der Waals surface area contributed by atoms with Crippen molar-refractivity contribution < 1.29 is 17.6 Å². The normalized spacial score (nSPS) is 21.3. The Kier molecular flexibility index (Phi) is 4.54. The van der Waals surface area contributed by atoms with Crippen LogP contribution in [0.1, 0.15) is 31.2 Å². The zero-order valence-electron chi connectivity index (χ0n) is 10.3. The van der Waals surface area contributed by atoms with Gasteiger partial charge in [0.1, 0.15) is 0 Å². The average Bonchev–Trinajstić information content (AvgIpc) is 2.35. The molecule has 0 aromatic heterocycles. The van der Waals surface area contributed by atoms with E-state index in [2.05, 4.69) is 15.9 Å². The van der Waals surface area contributed by atoms with Crippen LogP contribution in [0.2, 0.25) is 0 Å². The molecule has 0 radical (unpaired) electrons. The SMILES string of the molecule is Fc1cccc(CC(Br)C2CCC(F)(F)CC2)c1F. The van der Waals surface area contributed by atoms with Gasteiger partial charge >= 0.3 is 0 Å². The van der Waals surface area contributed by atoms with E-state index in [4.69, 9.17) is 0 Å². The molecule has 1 unspecified atom stereocenters. The molecule has 1 fully saturated rings. The lowest BCUT2D eigenvalue weighted by atomic mass is 9.83. The van der Waals surface area contributed by atoms with E-state index in [-0.39, 0.29) is 23.6 Å². The van der Waals surface area contributed by atoms with Crippen molar-refractivity contribution in [3.8, 4) is 0 Å². The van der Waals surface area contributed by atoms with Gasteiger partial charge in [-0.15, -0.1) is 0 Å². The molecule has 1 aliphatic carbocycles. The number of halogens is 5. The first-order chi connectivity index (χ1) is 8.89. The summed E-state index contributed by atoms with van der Waals surface area (Å²) in [4.78, 5) is -0.0973. The molecular formula is C14H15BrF4. The summed E-state index contributed by atoms with van der Waals surface area (Å²) in [6, 6.07) is 4.07. The highest BCUT2D eigenvalue weighted by Gasteiger charge is 2.37. The zero-order valence-corrected chi connectivity index (χ0v) is 11.9. The largest absolute Gasteiger partial charge is 0.248 e. The number of benzene rings is 1. The lowest BCUT2D eigenvalue weighted by molar-refractivity contribution is -0.0456. The van der Waals surface area contributed by atoms with Crippen molar-refractivity contribution in [3.63, 3.8) is 0 Å². The van der Waals surface area contributed by atoms with Crippen LogP contribution in [0.3, 0.4) is 0 Å². The molecule has 0 N–H and O–H groups in total. The van der Waals surface area contributed by atoms with Gasteiger partial charge in [-0.2, -0.15) is 0 Å². The van der Waals surface area contributed by atoms with E-state index in [0.29, 0.717) is 24.8 Å². The second-order valence-electron chi connectivity index (χ2n) is 5.13. The molecule has 0 aliphatic heterocycles. The summed E-state index contributed by atoms with van der Waals surface area (Å²) in [5.74, 6) is -4.18. The Bertz CT molecular complexity index is 437. The van der Waals surface area contributed by atoms with Gasteiger partial charge in [-0.25, -0.2) is 17.6 Å². The Morgan fingerprint density at radius 3 is 2.47 bits per heavy atom. The lowest BCUT2D eigenvalue weighted by Crippen LogP contribution is -2.29. The van der Waals surface area contributed by atoms with Gasteiger partial charge in [0, 0.05) is 17.7 Å². The lowest BCUT2D eigenvalue weighted by Gasteiger charge is -2.31. The fourth-order valence-corrected chi connectivity index (χ4v) is 3.38. The van der Waals surface area contributed by atoms with Crippen LogP contribution in [0, 0.1) is 17.6 Å². The van der Waals surface area contributed by atoms with Crippen LogP contribution in [0.15, 0.2) is 18.2 Å². The van der Waals surface area contributed by atoms with E-state index in [1.165, 1.54) is 12.1 Å². The standard InChI is InChI=1S/C14H15BrF4/c15-11(9-4-6-14(18,19)7-5-9)8-10-2-1-3-12(16)13(10)17/h1-3,9,11H,4-8H2. The molecule has 1 atom stereocenters. The number of hydrogen-bond acceptors (Lipinski definition) is 0. The van der Waals surface area contributed by atoms with Crippen LogP contribution in [-0.4, -0.2) is 10.7 Å². The number of alkyl halides is 3. The van der Waals surface area contributed by atoms with Gasteiger partial charge < -0.3 is 0 Å². The zero-order chi connectivity index (χ0) is 14.0. The fraction of sp³-hybridized carbons (Fsp3) is 0.571. The third-order valence-electron chi connectivity index (χ3n) is 3.72. The van der Waals surface area contributed by atoms with Crippen LogP contribution in [-0.2, 0) is 6.42 Å². The van der Waals surface area contributed by atoms with Gasteiger partial charge in [-0.3, -0.25) is 0 Å². The molecule has 1 aromatic carbocycles. The minimum atomic E-state index is -2.56. The van der Waals surface area contributed by atoms with Crippen molar-refractivity contribution >= 4 is 15.9 Å². The highest BCUT2D eigenvalue weighted by molar-refractivity contribution is 9.09. The fourth-order valence-electron chi connectivity index (χ4n) is 2.51. The Hall–Kier alpha value is -0.580. The Morgan fingerprint density at radius 1 is 1.21 bits per heavy atom. The molecule has 106 valence electrons. The maximum absolute atomic E-state index is 13.5. The van der Waals surface area contributed by atoms with Gasteiger partial charge in [0.05, 0.1) is 0 Å². The minimum Gasteiger partial charge on any atom is -0.207 e. The van der Waals surface area contributed by atoms with E-state index in [1.54, 1.807) is 0 Å². The first-order valence-corrected chi connectivity index (χ1v) is 7.25. The molecule has 0 amide bonds. The highest BCUT2D eigenvalue weighted by atomic mass is 79.9. The van der Waals surface area contributed by atoms with Gasteiger partial charge in [-0.1, -0.05) is 28.1 Å². The maximum Gasteiger partial charge on any atom is 0.248 e. The number of rotatable bonds is 3. The molecule has 1 aliphatic rings. The van der Waals surface area contributed by atoms with Crippen LogP contribution < -0.4 is 0 Å². The van der Waals surface area contributed by atoms with E-state index in [0.717, 1.165) is 6.07 Å². The molecule has 0 bridgehead atoms. The van der Waals surface area contributed by atoms with Crippen molar-refractivity contribution in [2.75, 3.05) is 0 Å². The summed E-state index contributed by atoms with van der Waals surface area (Å²) in [5.41, 5.74) is 0.291. The van der Waals surface area contributed by atoms with Crippen LogP contribution in [0.25, 0.3) is 0 Å². The third-order valence-corrected chi connectivity index (χ3v) is 4.79. The van der Waals surface area contributed by atoms with Gasteiger partial charge in [0.2, 0.25) is 5.92 Å². The molecule has 0 nitrogen and oxygen atoms in total. The quantitative estimate of drug-likeness (QED) is 0.531. The topological polar surface area (TPSA) is 0 Å². The molecule has 2 rings (SSSR count). The predicted octanol–water partition coefficient (Wildman–Crippen LogP) is 5.10. The Labute approximate surface area is 118 Å². The highest BCUT2D eigenvalue weighted by Crippen LogP contribution is 2.40. The van der Waals surface area contributed by atoms with Crippen molar-refractivity contribution in [1.29, 1.82) is 0 Å². The maximum atomic E-state index is 13.5. The summed E-state index contributed by atoms with van der Waals surface area (Å²) < 4.78 is 52.7. The molecular weight excluding hydrogens is 324 g/mol. The van der Waals surface area contributed by atoms with Crippen molar-refractivity contribution in [1.82, 2.24) is 0 Å². The van der Waals surface area contributed by atoms with Crippen molar-refractivity contribution in [3.05, 3.63) is 35.4 Å². The van der Waals surface area contributed by atoms with E-state index in [1.807, 2.05) is 0 Å². The average molecular weight is 339 g/mol. The van der Waals surface area contributed by atoms with Crippen molar-refractivity contribution in [2.24, 2.45) is 5.92 Å². The van der Waals surface area contributed by atoms with E-state index < -0.39 is 17.6 Å². The van der Waals surface area contributed by atoms with Gasteiger partial charge in [0.15, 0.2) is 11.6 Å². The molecule has 19 heavy (non-hydrogen) atoms. The Morgan fingerprint density at radius 2 is 1.84 bits per heavy atom. The summed E-state index contributed by atoms with van der Waals surface area (Å²) in [6.45, 7) is 0. The second kappa shape index (κ2) is 5.81. The van der Waals surface area contributed by atoms with Gasteiger partial charge in [0.25, 0.3) is 0 Å². The smallest absolute Gasteiger partial charge is 0.207 e. The molecule has 1 saturated carbocycles. The summed E-state index contributed by atoms with van der Waals surface area (Å²) in [7, 11) is 0. The molecule has 1 aromatic rings. The minimum absolute atomic E-state index is 0.0855. The Balaban J connectivity index is 1.98. The van der Waals surface area contributed by atoms with Crippen LogP contribution >= 0.6 is 15.9 Å². The second-order valence-corrected chi connectivity index (χ2v) is 6.30. The van der Waals surface area contributed by atoms with Crippen LogP contribution in [0.5, 0.6) is 0 Å². The molecule has 0 spiro atoms. The summed E-state index contributed by atoms with van der Waals surface area (Å²) in [5, 5.41) is 0. The first kappa shape index (κ1) is 14.8. The molecule has 0 heterocycles. The van der Waals surface area contributed by atoms with Crippen molar-refractivity contribution in [2.45, 2.75) is 42.9 Å². The summed E-state index contributed by atoms with van der Waals surface area (Å²) in [6.07, 6.45) is 0.913. The number of hydrogen-bond donors (Lipinski definition) is 0. The monoisotopic (exact) mass is 338 g/mol.